The molecule has 3 aromatic rings. The van der Waals surface area contributed by atoms with Gasteiger partial charge < -0.3 is 14.9 Å². The van der Waals surface area contributed by atoms with E-state index in [-0.39, 0.29) is 6.04 Å². The quantitative estimate of drug-likeness (QED) is 0.481. The summed E-state index contributed by atoms with van der Waals surface area (Å²) in [7, 11) is 0. The van der Waals surface area contributed by atoms with Crippen LogP contribution in [0.3, 0.4) is 0 Å². The molecule has 2 aliphatic rings. The number of aromatic nitrogens is 2. The fraction of sp³-hybridized carbons (Fsp3) is 0.462. The molecular formula is C26H32N4O2. The van der Waals surface area contributed by atoms with Crippen molar-refractivity contribution in [3.63, 3.8) is 0 Å². The van der Waals surface area contributed by atoms with Gasteiger partial charge in [0.05, 0.1) is 30.6 Å². The number of furan rings is 1. The second-order valence-electron chi connectivity index (χ2n) is 9.31. The molecule has 1 fully saturated rings. The van der Waals surface area contributed by atoms with Crippen molar-refractivity contribution >= 4 is 11.5 Å². The summed E-state index contributed by atoms with van der Waals surface area (Å²) in [4.78, 5) is 4.96. The van der Waals surface area contributed by atoms with Crippen LogP contribution in [0.4, 0.5) is 5.82 Å². The van der Waals surface area contributed by atoms with E-state index in [1.807, 2.05) is 37.4 Å². The Morgan fingerprint density at radius 2 is 2.12 bits per heavy atom. The molecule has 1 aliphatic heterocycles. The maximum Gasteiger partial charge on any atom is 0.150 e. The van der Waals surface area contributed by atoms with Crippen LogP contribution in [0.1, 0.15) is 69.2 Å². The van der Waals surface area contributed by atoms with Crippen LogP contribution in [0.25, 0.3) is 0 Å². The molecule has 0 spiro atoms. The maximum absolute atomic E-state index is 6.42. The SMILES string of the molecule is CC(N)(CCCOc1cccc(C2C3CCCCCC3=Nc3ccnn32)c1)c1ccco1. The highest BCUT2D eigenvalue weighted by Crippen LogP contribution is 2.41. The van der Waals surface area contributed by atoms with Gasteiger partial charge >= 0.3 is 0 Å². The minimum Gasteiger partial charge on any atom is -0.494 e. The van der Waals surface area contributed by atoms with E-state index in [9.17, 15) is 0 Å². The molecule has 0 bridgehead atoms. The topological polar surface area (TPSA) is 78.6 Å². The fourth-order valence-electron chi connectivity index (χ4n) is 5.12. The molecule has 3 atom stereocenters. The summed E-state index contributed by atoms with van der Waals surface area (Å²) in [5.74, 6) is 3.08. The smallest absolute Gasteiger partial charge is 0.150 e. The van der Waals surface area contributed by atoms with Crippen LogP contribution in [0.5, 0.6) is 5.75 Å². The molecule has 2 aromatic heterocycles. The molecule has 0 saturated heterocycles. The summed E-state index contributed by atoms with van der Waals surface area (Å²) in [5.41, 5.74) is 8.52. The first-order valence-electron chi connectivity index (χ1n) is 11.8. The second-order valence-corrected chi connectivity index (χ2v) is 9.31. The number of benzene rings is 1. The van der Waals surface area contributed by atoms with Gasteiger partial charge in [0.25, 0.3) is 0 Å². The van der Waals surface area contributed by atoms with Crippen molar-refractivity contribution in [2.24, 2.45) is 16.6 Å². The third-order valence-corrected chi connectivity index (χ3v) is 6.82. The molecular weight excluding hydrogens is 400 g/mol. The van der Waals surface area contributed by atoms with Crippen LogP contribution in [-0.4, -0.2) is 22.1 Å². The van der Waals surface area contributed by atoms with Gasteiger partial charge in [-0.25, -0.2) is 9.67 Å². The number of nitrogens with zero attached hydrogens (tertiary/aromatic N) is 3. The number of hydrogen-bond donors (Lipinski definition) is 1. The summed E-state index contributed by atoms with van der Waals surface area (Å²) in [6.45, 7) is 2.62. The molecule has 32 heavy (non-hydrogen) atoms. The zero-order chi connectivity index (χ0) is 22.0. The number of ether oxygens (including phenoxy) is 1. The van der Waals surface area contributed by atoms with Gasteiger partial charge in [0.2, 0.25) is 0 Å². The van der Waals surface area contributed by atoms with Crippen LogP contribution in [0.15, 0.2) is 64.3 Å². The van der Waals surface area contributed by atoms with Crippen molar-refractivity contribution in [3.05, 3.63) is 66.2 Å². The number of fused-ring (bicyclic) bond motifs is 2. The first-order valence-corrected chi connectivity index (χ1v) is 11.8. The molecule has 3 unspecified atom stereocenters. The van der Waals surface area contributed by atoms with Crippen LogP contribution in [0, 0.1) is 5.92 Å². The number of nitrogens with two attached hydrogens (primary N) is 1. The van der Waals surface area contributed by atoms with Crippen molar-refractivity contribution in [1.82, 2.24) is 9.78 Å². The van der Waals surface area contributed by atoms with E-state index < -0.39 is 5.54 Å². The minimum atomic E-state index is -0.484. The molecule has 2 N–H and O–H groups in total. The molecule has 6 heteroatoms. The monoisotopic (exact) mass is 432 g/mol. The predicted octanol–water partition coefficient (Wildman–Crippen LogP) is 5.77. The first-order chi connectivity index (χ1) is 15.6. The lowest BCUT2D eigenvalue weighted by Crippen LogP contribution is -2.32. The highest BCUT2D eigenvalue weighted by atomic mass is 16.5. The maximum atomic E-state index is 6.42. The Morgan fingerprint density at radius 3 is 3.00 bits per heavy atom. The third kappa shape index (κ3) is 4.24. The number of aliphatic imine (C=N–C) groups is 1. The summed E-state index contributed by atoms with van der Waals surface area (Å²) < 4.78 is 13.7. The van der Waals surface area contributed by atoms with Gasteiger partial charge in [-0.1, -0.05) is 25.0 Å². The Balaban J connectivity index is 1.29. The molecule has 0 amide bonds. The van der Waals surface area contributed by atoms with E-state index in [1.165, 1.54) is 30.5 Å². The Hall–Kier alpha value is -2.86. The molecule has 5 rings (SSSR count). The van der Waals surface area contributed by atoms with Crippen LogP contribution in [0.2, 0.25) is 0 Å². The van der Waals surface area contributed by atoms with E-state index in [2.05, 4.69) is 28.0 Å². The first kappa shape index (κ1) is 21.0. The Morgan fingerprint density at radius 1 is 1.19 bits per heavy atom. The van der Waals surface area contributed by atoms with Crippen LogP contribution >= 0.6 is 0 Å². The molecule has 1 aromatic carbocycles. The van der Waals surface area contributed by atoms with Crippen molar-refractivity contribution in [3.8, 4) is 5.75 Å². The van der Waals surface area contributed by atoms with Gasteiger partial charge in [-0.05, 0) is 68.9 Å². The molecule has 168 valence electrons. The van der Waals surface area contributed by atoms with E-state index >= 15 is 0 Å². The summed E-state index contributed by atoms with van der Waals surface area (Å²) in [6, 6.07) is 14.5. The van der Waals surface area contributed by atoms with Gasteiger partial charge in [0.15, 0.2) is 5.82 Å². The third-order valence-electron chi connectivity index (χ3n) is 6.82. The van der Waals surface area contributed by atoms with E-state index in [1.54, 1.807) is 6.26 Å². The Bertz CT molecular complexity index is 1070. The fourth-order valence-corrected chi connectivity index (χ4v) is 5.12. The standard InChI is InChI=1S/C26H32N4O2/c1-26(27,23-12-6-16-32-23)14-7-17-31-20-9-5-8-19(18-20)25-21-10-3-2-4-11-22(21)29-24-13-15-28-30(24)25/h5-6,8-9,12-13,15-16,18,21,25H,2-4,7,10-11,14,17,27H2,1H3. The zero-order valence-corrected chi connectivity index (χ0v) is 18.7. The number of rotatable bonds is 7. The van der Waals surface area contributed by atoms with E-state index in [0.29, 0.717) is 12.5 Å². The van der Waals surface area contributed by atoms with Crippen LogP contribution in [-0.2, 0) is 5.54 Å². The average Bonchev–Trinajstić information content (AvgIpc) is 3.44. The second kappa shape index (κ2) is 8.94. The van der Waals surface area contributed by atoms with E-state index in [4.69, 9.17) is 19.9 Å². The lowest BCUT2D eigenvalue weighted by molar-refractivity contribution is 0.270. The molecule has 3 heterocycles. The van der Waals surface area contributed by atoms with Crippen LogP contribution < -0.4 is 10.5 Å². The zero-order valence-electron chi connectivity index (χ0n) is 18.7. The lowest BCUT2D eigenvalue weighted by atomic mass is 9.84. The lowest BCUT2D eigenvalue weighted by Gasteiger charge is -2.32. The summed E-state index contributed by atoms with van der Waals surface area (Å²) in [5, 5.41) is 4.64. The summed E-state index contributed by atoms with van der Waals surface area (Å²) in [6.07, 6.45) is 11.2. The molecule has 1 saturated carbocycles. The molecule has 6 nitrogen and oxygen atoms in total. The van der Waals surface area contributed by atoms with Crippen molar-refractivity contribution in [2.75, 3.05) is 6.61 Å². The highest BCUT2D eigenvalue weighted by Gasteiger charge is 2.35. The van der Waals surface area contributed by atoms with Gasteiger partial charge in [-0.15, -0.1) is 0 Å². The minimum absolute atomic E-state index is 0.181. The highest BCUT2D eigenvalue weighted by molar-refractivity contribution is 5.90. The van der Waals surface area contributed by atoms with Gasteiger partial charge in [-0.2, -0.15) is 5.10 Å². The van der Waals surface area contributed by atoms with Gasteiger partial charge in [-0.3, -0.25) is 0 Å². The summed E-state index contributed by atoms with van der Waals surface area (Å²) >= 11 is 0. The molecule has 1 aliphatic carbocycles. The molecule has 0 radical (unpaired) electrons. The Labute approximate surface area is 189 Å². The van der Waals surface area contributed by atoms with Gasteiger partial charge in [0, 0.05) is 17.7 Å². The average molecular weight is 433 g/mol. The largest absolute Gasteiger partial charge is 0.494 e. The van der Waals surface area contributed by atoms with Crippen molar-refractivity contribution < 1.29 is 9.15 Å². The van der Waals surface area contributed by atoms with Gasteiger partial charge in [0.1, 0.15) is 11.5 Å². The van der Waals surface area contributed by atoms with E-state index in [0.717, 1.165) is 43.0 Å². The van der Waals surface area contributed by atoms with Crippen molar-refractivity contribution in [2.45, 2.75) is 63.5 Å². The Kier molecular flexibility index (Phi) is 5.87. The van der Waals surface area contributed by atoms with Crippen molar-refractivity contribution in [1.29, 1.82) is 0 Å². The predicted molar refractivity (Wildman–Crippen MR) is 125 cm³/mol. The normalized spacial score (nSPS) is 22.2. The number of hydrogen-bond acceptors (Lipinski definition) is 5.